The first-order valence-electron chi connectivity index (χ1n) is 15.2. The second-order valence-corrected chi connectivity index (χ2v) is 31.5. The molecule has 1 nitrogen and oxygen atoms in total. The zero-order valence-electron chi connectivity index (χ0n) is 23.2. The Labute approximate surface area is 213 Å². The summed E-state index contributed by atoms with van der Waals surface area (Å²) in [5, 5.41) is 0. The molecule has 0 N–H and O–H groups in total. The van der Waals surface area contributed by atoms with Crippen LogP contribution in [-0.4, -0.2) is 32.3 Å². The molecule has 0 amide bonds. The fourth-order valence-electron chi connectivity index (χ4n) is 8.21. The summed E-state index contributed by atoms with van der Waals surface area (Å²) in [5.41, 5.74) is 0.0558. The molecule has 1 atom stereocenters. The average molecular weight is 582 g/mol. The number of rotatable bonds is 11. The molecule has 0 aromatic rings. The van der Waals surface area contributed by atoms with Crippen LogP contribution in [0.5, 0.6) is 0 Å². The maximum atomic E-state index is 6.89. The van der Waals surface area contributed by atoms with Gasteiger partial charge in [0.1, 0.15) is 0 Å². The Bertz CT molecular complexity index is 533. The van der Waals surface area contributed by atoms with Crippen LogP contribution in [0.1, 0.15) is 136 Å². The molecule has 0 bridgehead atoms. The average Bonchev–Trinajstić information content (AvgIpc) is 2.81. The number of hydrogen-bond donors (Lipinski definition) is 0. The molecule has 0 spiro atoms. The Kier molecular flexibility index (Phi) is 11.4. The zero-order chi connectivity index (χ0) is 23.8. The molecular weight excluding hydrogens is 523 g/mol. The van der Waals surface area contributed by atoms with E-state index in [1.807, 2.05) is 0 Å². The molecule has 3 rings (SSSR count). The van der Waals surface area contributed by atoms with Crippen molar-refractivity contribution in [2.24, 2.45) is 0 Å². The molecular formula is C30H58OSiSn. The fraction of sp³-hybridized carbons (Fsp3) is 0.933. The SMILES string of the molecule is CCCCC(C)(C/C=[CH]/[Sn]([CH]1CCCCC1)([CH]1CCCCC1)[CH]1CCCCC1)O[Si](C)(C)C. The quantitative estimate of drug-likeness (QED) is 0.221. The van der Waals surface area contributed by atoms with Crippen LogP contribution in [0.3, 0.4) is 0 Å². The zero-order valence-corrected chi connectivity index (χ0v) is 27.1. The van der Waals surface area contributed by atoms with E-state index < -0.39 is 26.7 Å². The second kappa shape index (κ2) is 13.3. The van der Waals surface area contributed by atoms with Crippen molar-refractivity contribution in [2.75, 3.05) is 0 Å². The third-order valence-electron chi connectivity index (χ3n) is 9.50. The van der Waals surface area contributed by atoms with E-state index in [4.69, 9.17) is 4.43 Å². The molecule has 0 aromatic carbocycles. The molecule has 0 saturated heterocycles. The summed E-state index contributed by atoms with van der Waals surface area (Å²) in [4.78, 5) is 0. The first-order valence-corrected chi connectivity index (χ1v) is 25.2. The van der Waals surface area contributed by atoms with E-state index in [9.17, 15) is 0 Å². The summed E-state index contributed by atoms with van der Waals surface area (Å²) >= 11 is -2.52. The van der Waals surface area contributed by atoms with Crippen molar-refractivity contribution < 1.29 is 4.43 Å². The van der Waals surface area contributed by atoms with Crippen molar-refractivity contribution in [3.63, 3.8) is 0 Å². The molecule has 3 heteroatoms. The topological polar surface area (TPSA) is 9.23 Å². The normalized spacial score (nSPS) is 24.9. The molecule has 1 unspecified atom stereocenters. The van der Waals surface area contributed by atoms with E-state index in [2.05, 4.69) is 43.7 Å². The fourth-order valence-corrected chi connectivity index (χ4v) is 31.5. The van der Waals surface area contributed by atoms with Crippen LogP contribution in [0, 0.1) is 0 Å². The van der Waals surface area contributed by atoms with E-state index in [1.54, 1.807) is 38.5 Å². The molecule has 3 saturated carbocycles. The Morgan fingerprint density at radius 2 is 1.18 bits per heavy atom. The van der Waals surface area contributed by atoms with Gasteiger partial charge in [0.05, 0.1) is 0 Å². The van der Waals surface area contributed by atoms with Crippen LogP contribution >= 0.6 is 0 Å². The van der Waals surface area contributed by atoms with Gasteiger partial charge in [0.25, 0.3) is 0 Å². The Hall–Kier alpha value is 0.716. The van der Waals surface area contributed by atoms with Gasteiger partial charge in [-0.1, -0.05) is 0 Å². The first kappa shape index (κ1) is 28.3. The molecule has 0 heterocycles. The molecule has 3 aliphatic carbocycles. The second-order valence-electron chi connectivity index (χ2n) is 13.4. The van der Waals surface area contributed by atoms with E-state index in [1.165, 1.54) is 83.5 Å². The standard InChI is InChI=1S/C12H25OSi.3C6H11.Sn/c1-7-9-11-12(3,10-8-2)13-14(4,5)6;3*1-2-4-6-5-3-1;/h2,8H,7,9-11H2,1,3-6H3;3*1H,2-6H2;. The van der Waals surface area contributed by atoms with E-state index >= 15 is 0 Å². The third-order valence-corrected chi connectivity index (χ3v) is 30.0. The monoisotopic (exact) mass is 582 g/mol. The molecule has 3 aliphatic rings. The molecule has 0 aliphatic heterocycles. The predicted molar refractivity (Wildman–Crippen MR) is 152 cm³/mol. The van der Waals surface area contributed by atoms with Gasteiger partial charge in [-0.25, -0.2) is 0 Å². The molecule has 192 valence electrons. The van der Waals surface area contributed by atoms with Crippen LogP contribution in [0.2, 0.25) is 31.4 Å². The van der Waals surface area contributed by atoms with Crippen molar-refractivity contribution in [3.05, 3.63) is 10.2 Å². The molecule has 33 heavy (non-hydrogen) atoms. The van der Waals surface area contributed by atoms with E-state index in [0.29, 0.717) is 0 Å². The van der Waals surface area contributed by atoms with Gasteiger partial charge in [-0.3, -0.25) is 0 Å². The van der Waals surface area contributed by atoms with Crippen molar-refractivity contribution in [1.82, 2.24) is 0 Å². The summed E-state index contributed by atoms with van der Waals surface area (Å²) in [7, 11) is -1.55. The van der Waals surface area contributed by atoms with Crippen molar-refractivity contribution in [1.29, 1.82) is 0 Å². The van der Waals surface area contributed by atoms with Gasteiger partial charge in [-0.15, -0.1) is 0 Å². The van der Waals surface area contributed by atoms with Crippen LogP contribution in [0.15, 0.2) is 10.2 Å². The third kappa shape index (κ3) is 8.10. The molecule has 0 aromatic heterocycles. The van der Waals surface area contributed by atoms with Gasteiger partial charge < -0.3 is 0 Å². The number of unbranched alkanes of at least 4 members (excludes halogenated alkanes) is 1. The summed E-state index contributed by atoms with van der Waals surface area (Å²) in [5.74, 6) is 0. The van der Waals surface area contributed by atoms with E-state index in [0.717, 1.165) is 11.8 Å². The van der Waals surface area contributed by atoms with Gasteiger partial charge in [0.2, 0.25) is 0 Å². The van der Waals surface area contributed by atoms with Gasteiger partial charge in [-0.05, 0) is 0 Å². The predicted octanol–water partition coefficient (Wildman–Crippen LogP) is 10.7. The molecule has 0 radical (unpaired) electrons. The maximum absolute atomic E-state index is 6.89. The van der Waals surface area contributed by atoms with Gasteiger partial charge >= 0.3 is 214 Å². The number of hydrogen-bond acceptors (Lipinski definition) is 1. The van der Waals surface area contributed by atoms with Crippen LogP contribution in [-0.2, 0) is 4.43 Å². The van der Waals surface area contributed by atoms with Crippen molar-refractivity contribution >= 4 is 26.7 Å². The molecule has 3 fully saturated rings. The first-order chi connectivity index (χ1) is 15.8. The minimum atomic E-state index is -2.52. The summed E-state index contributed by atoms with van der Waals surface area (Å²) in [6, 6.07) is 0. The summed E-state index contributed by atoms with van der Waals surface area (Å²) in [6.45, 7) is 11.9. The Morgan fingerprint density at radius 1 is 0.758 bits per heavy atom. The van der Waals surface area contributed by atoms with Crippen LogP contribution in [0.4, 0.5) is 0 Å². The van der Waals surface area contributed by atoms with Gasteiger partial charge in [-0.2, -0.15) is 0 Å². The van der Waals surface area contributed by atoms with Gasteiger partial charge in [0, 0.05) is 0 Å². The Balaban J connectivity index is 1.91. The van der Waals surface area contributed by atoms with Crippen LogP contribution < -0.4 is 0 Å². The Morgan fingerprint density at radius 3 is 1.55 bits per heavy atom. The summed E-state index contributed by atoms with van der Waals surface area (Å²) in [6.07, 6.45) is 31.0. The van der Waals surface area contributed by atoms with Crippen molar-refractivity contribution in [3.8, 4) is 0 Å². The van der Waals surface area contributed by atoms with Crippen LogP contribution in [0.25, 0.3) is 0 Å². The summed E-state index contributed by atoms with van der Waals surface area (Å²) < 4.78 is 13.4. The van der Waals surface area contributed by atoms with E-state index in [-0.39, 0.29) is 5.60 Å². The minimum absolute atomic E-state index is 0.0558. The van der Waals surface area contributed by atoms with Crippen molar-refractivity contribution in [2.45, 2.75) is 173 Å². The van der Waals surface area contributed by atoms with Gasteiger partial charge in [0.15, 0.2) is 0 Å².